The minimum Gasteiger partial charge on any atom is -0.380 e. The van der Waals surface area contributed by atoms with Gasteiger partial charge in [-0.25, -0.2) is 12.8 Å². The summed E-state index contributed by atoms with van der Waals surface area (Å²) in [5.41, 5.74) is 5.48. The molecule has 7 heteroatoms. The van der Waals surface area contributed by atoms with Crippen molar-refractivity contribution < 1.29 is 17.5 Å². The zero-order valence-electron chi connectivity index (χ0n) is 11.8. The van der Waals surface area contributed by atoms with Crippen molar-refractivity contribution >= 4 is 10.0 Å². The first-order valence-corrected chi connectivity index (χ1v) is 7.98. The second-order valence-corrected chi connectivity index (χ2v) is 6.02. The van der Waals surface area contributed by atoms with Gasteiger partial charge in [-0.1, -0.05) is 13.0 Å². The maximum atomic E-state index is 13.7. The van der Waals surface area contributed by atoms with Gasteiger partial charge in [0.05, 0.1) is 11.5 Å². The van der Waals surface area contributed by atoms with Crippen LogP contribution in [0.1, 0.15) is 19.4 Å². The fourth-order valence-corrected chi connectivity index (χ4v) is 3.55. The predicted octanol–water partition coefficient (Wildman–Crippen LogP) is 1.33. The molecule has 0 fully saturated rings. The monoisotopic (exact) mass is 304 g/mol. The van der Waals surface area contributed by atoms with Gasteiger partial charge in [0.25, 0.3) is 0 Å². The maximum absolute atomic E-state index is 13.7. The van der Waals surface area contributed by atoms with Crippen molar-refractivity contribution in [2.75, 3.05) is 26.3 Å². The van der Waals surface area contributed by atoms with Crippen LogP contribution in [0.25, 0.3) is 0 Å². The average Bonchev–Trinajstić information content (AvgIpc) is 2.43. The van der Waals surface area contributed by atoms with Crippen molar-refractivity contribution in [2.45, 2.75) is 25.3 Å². The fourth-order valence-electron chi connectivity index (χ4n) is 1.88. The Kier molecular flexibility index (Phi) is 6.54. The summed E-state index contributed by atoms with van der Waals surface area (Å²) in [6.45, 7) is 4.74. The van der Waals surface area contributed by atoms with Crippen molar-refractivity contribution in [3.05, 3.63) is 29.6 Å². The molecule has 0 saturated heterocycles. The highest BCUT2D eigenvalue weighted by molar-refractivity contribution is 7.89. The van der Waals surface area contributed by atoms with Gasteiger partial charge in [0, 0.05) is 31.8 Å². The number of likely N-dealkylation sites (N-methyl/N-ethyl adjacent to an activating group) is 1. The van der Waals surface area contributed by atoms with Crippen LogP contribution in [0.3, 0.4) is 0 Å². The number of nitrogens with zero attached hydrogens (tertiary/aromatic N) is 1. The summed E-state index contributed by atoms with van der Waals surface area (Å²) >= 11 is 0. The number of hydrogen-bond acceptors (Lipinski definition) is 4. The maximum Gasteiger partial charge on any atom is 0.243 e. The number of rotatable bonds is 8. The molecular weight excluding hydrogens is 283 g/mol. The molecule has 0 heterocycles. The van der Waals surface area contributed by atoms with E-state index in [2.05, 4.69) is 0 Å². The fraction of sp³-hybridized carbons (Fsp3) is 0.538. The molecule has 0 aromatic heterocycles. The van der Waals surface area contributed by atoms with E-state index in [1.54, 1.807) is 6.92 Å². The van der Waals surface area contributed by atoms with Crippen LogP contribution in [0, 0.1) is 5.82 Å². The Morgan fingerprint density at radius 3 is 2.60 bits per heavy atom. The Bertz CT molecular complexity index is 534. The minimum atomic E-state index is -3.76. The van der Waals surface area contributed by atoms with Crippen LogP contribution in [-0.4, -0.2) is 39.0 Å². The van der Waals surface area contributed by atoms with Crippen molar-refractivity contribution in [2.24, 2.45) is 5.73 Å². The zero-order valence-corrected chi connectivity index (χ0v) is 12.6. The second-order valence-electron chi connectivity index (χ2n) is 4.11. The number of sulfonamides is 1. The van der Waals surface area contributed by atoms with E-state index < -0.39 is 15.8 Å². The van der Waals surface area contributed by atoms with Crippen LogP contribution in [0.5, 0.6) is 0 Å². The molecule has 20 heavy (non-hydrogen) atoms. The molecule has 0 aliphatic carbocycles. The molecule has 114 valence electrons. The molecule has 0 aliphatic heterocycles. The molecule has 0 spiro atoms. The topological polar surface area (TPSA) is 72.6 Å². The highest BCUT2D eigenvalue weighted by Crippen LogP contribution is 2.22. The van der Waals surface area contributed by atoms with Crippen molar-refractivity contribution in [3.8, 4) is 0 Å². The van der Waals surface area contributed by atoms with Gasteiger partial charge in [-0.3, -0.25) is 0 Å². The van der Waals surface area contributed by atoms with E-state index in [1.807, 2.05) is 6.92 Å². The lowest BCUT2D eigenvalue weighted by Gasteiger charge is -2.22. The summed E-state index contributed by atoms with van der Waals surface area (Å²) in [4.78, 5) is -0.0710. The summed E-state index contributed by atoms with van der Waals surface area (Å²) in [7, 11) is -3.76. The van der Waals surface area contributed by atoms with Crippen molar-refractivity contribution in [3.63, 3.8) is 0 Å². The number of halogens is 1. The molecule has 0 radical (unpaired) electrons. The molecule has 0 unspecified atom stereocenters. The lowest BCUT2D eigenvalue weighted by atomic mass is 10.2. The van der Waals surface area contributed by atoms with Crippen LogP contribution in [0.4, 0.5) is 4.39 Å². The predicted molar refractivity (Wildman–Crippen MR) is 75.2 cm³/mol. The molecule has 0 atom stereocenters. The number of benzene rings is 1. The van der Waals surface area contributed by atoms with E-state index in [0.29, 0.717) is 13.2 Å². The van der Waals surface area contributed by atoms with Crippen LogP contribution in [0.15, 0.2) is 23.1 Å². The standard InChI is InChI=1S/C13H21FN2O3S/c1-3-16(8-9-19-4-2)20(17,18)13-7-5-6-12(14)11(13)10-15/h5-7H,3-4,8-10,15H2,1-2H3. The van der Waals surface area contributed by atoms with Crippen molar-refractivity contribution in [1.29, 1.82) is 0 Å². The summed E-state index contributed by atoms with van der Waals surface area (Å²) in [6, 6.07) is 3.96. The van der Waals surface area contributed by atoms with E-state index in [1.165, 1.54) is 22.5 Å². The third-order valence-electron chi connectivity index (χ3n) is 2.94. The first kappa shape index (κ1) is 17.0. The van der Waals surface area contributed by atoms with Crippen LogP contribution >= 0.6 is 0 Å². The Balaban J connectivity index is 3.11. The number of nitrogens with two attached hydrogens (primary N) is 1. The molecule has 0 aliphatic rings. The lowest BCUT2D eigenvalue weighted by molar-refractivity contribution is 0.135. The molecule has 0 saturated carbocycles. The third kappa shape index (κ3) is 3.76. The quantitative estimate of drug-likeness (QED) is 0.735. The number of ether oxygens (including phenoxy) is 1. The molecule has 2 N–H and O–H groups in total. The minimum absolute atomic E-state index is 0.0161. The first-order valence-electron chi connectivity index (χ1n) is 6.54. The molecule has 1 aromatic carbocycles. The van der Waals surface area contributed by atoms with Gasteiger partial charge in [-0.15, -0.1) is 0 Å². The van der Waals surface area contributed by atoms with Gasteiger partial charge in [0.2, 0.25) is 10.0 Å². The molecule has 0 amide bonds. The SMILES string of the molecule is CCOCCN(CC)S(=O)(=O)c1cccc(F)c1CN. The second kappa shape index (κ2) is 7.68. The van der Waals surface area contributed by atoms with Gasteiger partial charge in [0.15, 0.2) is 0 Å². The van der Waals surface area contributed by atoms with E-state index in [0.717, 1.165) is 0 Å². The van der Waals surface area contributed by atoms with Gasteiger partial charge < -0.3 is 10.5 Å². The molecule has 5 nitrogen and oxygen atoms in total. The Labute approximate surface area is 119 Å². The molecular formula is C13H21FN2O3S. The highest BCUT2D eigenvalue weighted by atomic mass is 32.2. The van der Waals surface area contributed by atoms with Gasteiger partial charge in [-0.05, 0) is 19.1 Å². The molecule has 1 aromatic rings. The Morgan fingerprint density at radius 2 is 2.05 bits per heavy atom. The van der Waals surface area contributed by atoms with Gasteiger partial charge in [0.1, 0.15) is 5.82 Å². The van der Waals surface area contributed by atoms with E-state index in [-0.39, 0.29) is 30.1 Å². The first-order chi connectivity index (χ1) is 9.48. The zero-order chi connectivity index (χ0) is 15.2. The summed E-state index contributed by atoms with van der Waals surface area (Å²) < 4.78 is 45.2. The van der Waals surface area contributed by atoms with E-state index in [4.69, 9.17) is 10.5 Å². The summed E-state index contributed by atoms with van der Waals surface area (Å²) in [5.74, 6) is -0.602. The third-order valence-corrected chi connectivity index (χ3v) is 5.00. The van der Waals surface area contributed by atoms with Crippen LogP contribution in [0.2, 0.25) is 0 Å². The largest absolute Gasteiger partial charge is 0.380 e. The smallest absolute Gasteiger partial charge is 0.243 e. The van der Waals surface area contributed by atoms with Gasteiger partial charge in [-0.2, -0.15) is 4.31 Å². The Morgan fingerprint density at radius 1 is 1.35 bits per heavy atom. The molecule has 0 bridgehead atoms. The summed E-state index contributed by atoms with van der Waals surface area (Å²) in [6.07, 6.45) is 0. The highest BCUT2D eigenvalue weighted by Gasteiger charge is 2.26. The van der Waals surface area contributed by atoms with Crippen molar-refractivity contribution in [1.82, 2.24) is 4.31 Å². The average molecular weight is 304 g/mol. The number of hydrogen-bond donors (Lipinski definition) is 1. The normalized spacial score (nSPS) is 12.1. The lowest BCUT2D eigenvalue weighted by Crippen LogP contribution is -2.34. The molecule has 1 rings (SSSR count). The van der Waals surface area contributed by atoms with Gasteiger partial charge >= 0.3 is 0 Å². The van der Waals surface area contributed by atoms with Crippen LogP contribution < -0.4 is 5.73 Å². The van der Waals surface area contributed by atoms with E-state index in [9.17, 15) is 12.8 Å². The Hall–Kier alpha value is -1.02. The summed E-state index contributed by atoms with van der Waals surface area (Å²) in [5, 5.41) is 0. The van der Waals surface area contributed by atoms with Crippen LogP contribution in [-0.2, 0) is 21.3 Å². The van der Waals surface area contributed by atoms with E-state index >= 15 is 0 Å².